The monoisotopic (exact) mass is 380 g/mol. The fourth-order valence-electron chi connectivity index (χ4n) is 2.59. The zero-order chi connectivity index (χ0) is 20.0. The number of para-hydroxylation sites is 1. The molecule has 2 aromatic carbocycles. The number of hydrogen-bond acceptors (Lipinski definition) is 2. The van der Waals surface area contributed by atoms with Gasteiger partial charge < -0.3 is 15.0 Å². The van der Waals surface area contributed by atoms with Gasteiger partial charge in [-0.25, -0.2) is 4.79 Å². The number of urea groups is 1. The summed E-state index contributed by atoms with van der Waals surface area (Å²) in [6.07, 6.45) is -4.47. The highest BCUT2D eigenvalue weighted by Gasteiger charge is 2.33. The van der Waals surface area contributed by atoms with Gasteiger partial charge >= 0.3 is 12.2 Å². The Labute approximate surface area is 156 Å². The molecule has 0 aromatic heterocycles. The number of benzene rings is 2. The summed E-state index contributed by atoms with van der Waals surface area (Å²) in [5, 5.41) is 2.72. The third-order valence-corrected chi connectivity index (χ3v) is 3.84. The second-order valence-electron chi connectivity index (χ2n) is 6.44. The number of halogens is 3. The SMILES string of the molecule is CC(C)Oc1ccccc1CNC(=O)N(C)Cc1ccccc1C(F)(F)F. The molecule has 2 aromatic rings. The Balaban J connectivity index is 2.02. The van der Waals surface area contributed by atoms with Crippen molar-refractivity contribution in [3.63, 3.8) is 0 Å². The van der Waals surface area contributed by atoms with Crippen molar-refractivity contribution in [2.75, 3.05) is 7.05 Å². The van der Waals surface area contributed by atoms with Gasteiger partial charge in [-0.2, -0.15) is 13.2 Å². The molecule has 0 aliphatic rings. The van der Waals surface area contributed by atoms with E-state index in [-0.39, 0.29) is 24.8 Å². The summed E-state index contributed by atoms with van der Waals surface area (Å²) < 4.78 is 45.0. The summed E-state index contributed by atoms with van der Waals surface area (Å²) in [5.41, 5.74) is 0.107. The van der Waals surface area contributed by atoms with Gasteiger partial charge in [0.05, 0.1) is 11.7 Å². The third kappa shape index (κ3) is 5.91. The molecule has 0 unspecified atom stereocenters. The van der Waals surface area contributed by atoms with Crippen molar-refractivity contribution < 1.29 is 22.7 Å². The molecule has 2 amide bonds. The number of carbonyl (C=O) groups excluding carboxylic acids is 1. The molecule has 0 aliphatic carbocycles. The predicted molar refractivity (Wildman–Crippen MR) is 97.4 cm³/mol. The zero-order valence-corrected chi connectivity index (χ0v) is 15.5. The quantitative estimate of drug-likeness (QED) is 0.780. The Morgan fingerprint density at radius 1 is 1.07 bits per heavy atom. The van der Waals surface area contributed by atoms with E-state index in [1.54, 1.807) is 0 Å². The molecular weight excluding hydrogens is 357 g/mol. The third-order valence-electron chi connectivity index (χ3n) is 3.84. The van der Waals surface area contributed by atoms with Gasteiger partial charge in [-0.1, -0.05) is 36.4 Å². The summed E-state index contributed by atoms with van der Waals surface area (Å²) in [7, 11) is 1.46. The van der Waals surface area contributed by atoms with Gasteiger partial charge in [-0.15, -0.1) is 0 Å². The van der Waals surface area contributed by atoms with Crippen LogP contribution in [0, 0.1) is 0 Å². The van der Waals surface area contributed by atoms with Crippen molar-refractivity contribution in [3.05, 3.63) is 65.2 Å². The Morgan fingerprint density at radius 3 is 2.30 bits per heavy atom. The predicted octanol–water partition coefficient (Wildman–Crippen LogP) is 4.83. The second-order valence-corrected chi connectivity index (χ2v) is 6.44. The molecule has 146 valence electrons. The van der Waals surface area contributed by atoms with Gasteiger partial charge in [0.1, 0.15) is 5.75 Å². The maximum absolute atomic E-state index is 13.1. The van der Waals surface area contributed by atoms with Crippen molar-refractivity contribution in [2.45, 2.75) is 39.2 Å². The van der Waals surface area contributed by atoms with Gasteiger partial charge in [-0.05, 0) is 31.5 Å². The molecule has 4 nitrogen and oxygen atoms in total. The van der Waals surface area contributed by atoms with E-state index in [0.717, 1.165) is 11.6 Å². The fraction of sp³-hybridized carbons (Fsp3) is 0.350. The van der Waals surface area contributed by atoms with Crippen LogP contribution in [0.4, 0.5) is 18.0 Å². The molecule has 27 heavy (non-hydrogen) atoms. The van der Waals surface area contributed by atoms with E-state index < -0.39 is 17.8 Å². The Bertz CT molecular complexity index is 776. The first-order valence-electron chi connectivity index (χ1n) is 8.57. The number of carbonyl (C=O) groups is 1. The van der Waals surface area contributed by atoms with Crippen LogP contribution in [0.25, 0.3) is 0 Å². The zero-order valence-electron chi connectivity index (χ0n) is 15.5. The van der Waals surface area contributed by atoms with E-state index in [9.17, 15) is 18.0 Å². The lowest BCUT2D eigenvalue weighted by molar-refractivity contribution is -0.138. The molecule has 7 heteroatoms. The molecule has 0 saturated carbocycles. The standard InChI is InChI=1S/C20H23F3N2O2/c1-14(2)27-18-11-7-5-8-15(18)12-24-19(26)25(3)13-16-9-4-6-10-17(16)20(21,22)23/h4-11,14H,12-13H2,1-3H3,(H,24,26). The second kappa shape index (κ2) is 8.79. The largest absolute Gasteiger partial charge is 0.491 e. The van der Waals surface area contributed by atoms with E-state index in [1.165, 1.54) is 30.1 Å². The minimum atomic E-state index is -4.46. The Morgan fingerprint density at radius 2 is 1.67 bits per heavy atom. The van der Waals surface area contributed by atoms with Gasteiger partial charge in [0, 0.05) is 25.7 Å². The summed E-state index contributed by atoms with van der Waals surface area (Å²) in [6.45, 7) is 3.88. The first-order chi connectivity index (χ1) is 12.7. The van der Waals surface area contributed by atoms with Gasteiger partial charge in [0.15, 0.2) is 0 Å². The number of amides is 2. The first kappa shape index (κ1) is 20.6. The lowest BCUT2D eigenvalue weighted by atomic mass is 10.1. The van der Waals surface area contributed by atoms with Crippen LogP contribution in [-0.4, -0.2) is 24.1 Å². The summed E-state index contributed by atoms with van der Waals surface area (Å²) >= 11 is 0. The van der Waals surface area contributed by atoms with Crippen molar-refractivity contribution in [2.24, 2.45) is 0 Å². The lowest BCUT2D eigenvalue weighted by Gasteiger charge is -2.21. The van der Waals surface area contributed by atoms with Crippen molar-refractivity contribution in [1.29, 1.82) is 0 Å². The van der Waals surface area contributed by atoms with Gasteiger partial charge in [-0.3, -0.25) is 0 Å². The molecule has 0 radical (unpaired) electrons. The maximum Gasteiger partial charge on any atom is 0.416 e. The Hall–Kier alpha value is -2.70. The Kier molecular flexibility index (Phi) is 6.71. The van der Waals surface area contributed by atoms with Crippen molar-refractivity contribution >= 4 is 6.03 Å². The smallest absolute Gasteiger partial charge is 0.416 e. The van der Waals surface area contributed by atoms with Crippen LogP contribution in [0.2, 0.25) is 0 Å². The minimum Gasteiger partial charge on any atom is -0.491 e. The van der Waals surface area contributed by atoms with Gasteiger partial charge in [0.2, 0.25) is 0 Å². The average Bonchev–Trinajstić information content (AvgIpc) is 2.59. The molecule has 2 rings (SSSR count). The van der Waals surface area contributed by atoms with Crippen LogP contribution in [0.15, 0.2) is 48.5 Å². The summed E-state index contributed by atoms with van der Waals surface area (Å²) in [6, 6.07) is 12.1. The maximum atomic E-state index is 13.1. The highest BCUT2D eigenvalue weighted by molar-refractivity contribution is 5.74. The lowest BCUT2D eigenvalue weighted by Crippen LogP contribution is -2.36. The van der Waals surface area contributed by atoms with Crippen LogP contribution in [0.3, 0.4) is 0 Å². The minimum absolute atomic E-state index is 0.0107. The molecule has 0 aliphatic heterocycles. The van der Waals surface area contributed by atoms with Crippen molar-refractivity contribution in [1.82, 2.24) is 10.2 Å². The highest BCUT2D eigenvalue weighted by atomic mass is 19.4. The van der Waals surface area contributed by atoms with Gasteiger partial charge in [0.25, 0.3) is 0 Å². The van der Waals surface area contributed by atoms with Crippen LogP contribution in [-0.2, 0) is 19.3 Å². The number of ether oxygens (including phenoxy) is 1. The van der Waals surface area contributed by atoms with Crippen LogP contribution in [0.5, 0.6) is 5.75 Å². The molecule has 0 heterocycles. The number of nitrogens with zero attached hydrogens (tertiary/aromatic N) is 1. The van der Waals surface area contributed by atoms with Crippen LogP contribution < -0.4 is 10.1 Å². The number of nitrogens with one attached hydrogen (secondary N) is 1. The average molecular weight is 380 g/mol. The first-order valence-corrected chi connectivity index (χ1v) is 8.57. The summed E-state index contributed by atoms with van der Waals surface area (Å²) in [5.74, 6) is 0.665. The molecule has 0 spiro atoms. The summed E-state index contributed by atoms with van der Waals surface area (Å²) in [4.78, 5) is 13.5. The number of alkyl halides is 3. The van der Waals surface area contributed by atoms with E-state index in [4.69, 9.17) is 4.74 Å². The van der Waals surface area contributed by atoms with Crippen molar-refractivity contribution in [3.8, 4) is 5.75 Å². The molecular formula is C20H23F3N2O2. The van der Waals surface area contributed by atoms with Crippen LogP contribution >= 0.6 is 0 Å². The normalized spacial score (nSPS) is 11.4. The molecule has 0 saturated heterocycles. The fourth-order valence-corrected chi connectivity index (χ4v) is 2.59. The van der Waals surface area contributed by atoms with E-state index in [0.29, 0.717) is 5.75 Å². The molecule has 0 atom stereocenters. The van der Waals surface area contributed by atoms with Crippen LogP contribution in [0.1, 0.15) is 30.5 Å². The molecule has 1 N–H and O–H groups in total. The topological polar surface area (TPSA) is 41.6 Å². The van der Waals surface area contributed by atoms with E-state index in [2.05, 4.69) is 5.32 Å². The highest BCUT2D eigenvalue weighted by Crippen LogP contribution is 2.32. The van der Waals surface area contributed by atoms with E-state index in [1.807, 2.05) is 38.1 Å². The molecule has 0 bridgehead atoms. The number of rotatable bonds is 6. The number of hydrogen-bond donors (Lipinski definition) is 1. The van der Waals surface area contributed by atoms with E-state index >= 15 is 0 Å². The molecule has 0 fully saturated rings.